The van der Waals surface area contributed by atoms with Crippen LogP contribution in [0.1, 0.15) is 28.3 Å². The summed E-state index contributed by atoms with van der Waals surface area (Å²) in [4.78, 5) is 28.5. The lowest BCUT2D eigenvalue weighted by Gasteiger charge is -2.31. The van der Waals surface area contributed by atoms with Crippen molar-refractivity contribution in [2.45, 2.75) is 25.3 Å². The fraction of sp³-hybridized carbons (Fsp3) is 0.615. The molecule has 2 amide bonds. The lowest BCUT2D eigenvalue weighted by molar-refractivity contribution is 0.0691. The zero-order chi connectivity index (χ0) is 15.2. The summed E-state index contributed by atoms with van der Waals surface area (Å²) in [6, 6.07) is 0.196. The Morgan fingerprint density at radius 3 is 2.86 bits per heavy atom. The Bertz CT molecular complexity index is 499. The van der Waals surface area contributed by atoms with Crippen molar-refractivity contribution in [1.29, 1.82) is 0 Å². The first-order valence-corrected chi connectivity index (χ1v) is 7.85. The summed E-state index contributed by atoms with van der Waals surface area (Å²) in [6.45, 7) is 2.35. The van der Waals surface area contributed by atoms with E-state index in [0.29, 0.717) is 13.0 Å². The molecule has 0 radical (unpaired) electrons. The minimum atomic E-state index is -1.02. The maximum absolute atomic E-state index is 12.0. The predicted octanol–water partition coefficient (Wildman–Crippen LogP) is 0.777. The van der Waals surface area contributed by atoms with Gasteiger partial charge in [0.25, 0.3) is 0 Å². The summed E-state index contributed by atoms with van der Waals surface area (Å²) in [5.41, 5.74) is 0.0631. The summed E-state index contributed by atoms with van der Waals surface area (Å²) in [7, 11) is 1.82. The number of piperidine rings is 1. The SMILES string of the molecule is CN(C(=O)NCCc1nc(C(=O)O)cs1)C1CCNCC1. The van der Waals surface area contributed by atoms with Gasteiger partial charge in [-0.25, -0.2) is 14.6 Å². The molecule has 116 valence electrons. The van der Waals surface area contributed by atoms with Crippen LogP contribution in [0.15, 0.2) is 5.38 Å². The van der Waals surface area contributed by atoms with Crippen molar-refractivity contribution in [3.05, 3.63) is 16.1 Å². The van der Waals surface area contributed by atoms with Crippen molar-refractivity contribution in [3.8, 4) is 0 Å². The average molecular weight is 312 g/mol. The standard InChI is InChI=1S/C13H20N4O3S/c1-17(9-2-5-14-6-3-9)13(20)15-7-4-11-16-10(8-21-11)12(18)19/h8-9,14H,2-7H2,1H3,(H,15,20)(H,18,19). The molecule has 1 fully saturated rings. The van der Waals surface area contributed by atoms with Crippen LogP contribution in [0.5, 0.6) is 0 Å². The first-order valence-electron chi connectivity index (χ1n) is 6.97. The third-order valence-corrected chi connectivity index (χ3v) is 4.47. The molecule has 1 aromatic rings. The Labute approximate surface area is 127 Å². The third kappa shape index (κ3) is 4.40. The lowest BCUT2D eigenvalue weighted by atomic mass is 10.1. The number of nitrogens with one attached hydrogen (secondary N) is 2. The van der Waals surface area contributed by atoms with E-state index in [-0.39, 0.29) is 17.8 Å². The summed E-state index contributed by atoms with van der Waals surface area (Å²) < 4.78 is 0. The van der Waals surface area contributed by atoms with E-state index in [0.717, 1.165) is 30.9 Å². The van der Waals surface area contributed by atoms with Gasteiger partial charge in [-0.05, 0) is 25.9 Å². The number of amides is 2. The Morgan fingerprint density at radius 1 is 1.52 bits per heavy atom. The lowest BCUT2D eigenvalue weighted by Crippen LogP contribution is -2.48. The van der Waals surface area contributed by atoms with Gasteiger partial charge in [0.05, 0.1) is 5.01 Å². The third-order valence-electron chi connectivity index (χ3n) is 3.56. The quantitative estimate of drug-likeness (QED) is 0.747. The summed E-state index contributed by atoms with van der Waals surface area (Å²) in [5, 5.41) is 17.1. The van der Waals surface area contributed by atoms with Gasteiger partial charge in [-0.2, -0.15) is 0 Å². The first-order chi connectivity index (χ1) is 10.1. The molecule has 1 saturated heterocycles. The Hall–Kier alpha value is -1.67. The molecule has 21 heavy (non-hydrogen) atoms. The van der Waals surface area contributed by atoms with Gasteiger partial charge >= 0.3 is 12.0 Å². The smallest absolute Gasteiger partial charge is 0.355 e. The van der Waals surface area contributed by atoms with Crippen LogP contribution in [-0.4, -0.2) is 59.7 Å². The molecule has 0 spiro atoms. The minimum Gasteiger partial charge on any atom is -0.476 e. The zero-order valence-electron chi connectivity index (χ0n) is 12.0. The van der Waals surface area contributed by atoms with Crippen LogP contribution in [0, 0.1) is 0 Å². The molecule has 0 unspecified atom stereocenters. The molecule has 1 aromatic heterocycles. The van der Waals surface area contributed by atoms with Gasteiger partial charge in [-0.1, -0.05) is 0 Å². The van der Waals surface area contributed by atoms with E-state index in [1.54, 1.807) is 4.90 Å². The predicted molar refractivity (Wildman–Crippen MR) is 79.8 cm³/mol. The number of aromatic carboxylic acids is 1. The number of thiazole rings is 1. The fourth-order valence-corrected chi connectivity index (χ4v) is 3.06. The van der Waals surface area contributed by atoms with Crippen molar-refractivity contribution in [2.75, 3.05) is 26.7 Å². The van der Waals surface area contributed by atoms with Crippen LogP contribution < -0.4 is 10.6 Å². The van der Waals surface area contributed by atoms with Crippen LogP contribution in [0.3, 0.4) is 0 Å². The Morgan fingerprint density at radius 2 is 2.24 bits per heavy atom. The number of rotatable bonds is 5. The van der Waals surface area contributed by atoms with E-state index in [1.165, 1.54) is 16.7 Å². The van der Waals surface area contributed by atoms with Crippen LogP contribution in [0.4, 0.5) is 4.79 Å². The number of carbonyl (C=O) groups is 2. The molecule has 0 aliphatic carbocycles. The topological polar surface area (TPSA) is 94.6 Å². The molecular weight excluding hydrogens is 292 g/mol. The maximum atomic E-state index is 12.0. The van der Waals surface area contributed by atoms with E-state index in [2.05, 4.69) is 15.6 Å². The fourth-order valence-electron chi connectivity index (χ4n) is 2.28. The van der Waals surface area contributed by atoms with Gasteiger partial charge in [0.2, 0.25) is 0 Å². The number of urea groups is 1. The van der Waals surface area contributed by atoms with Crippen LogP contribution >= 0.6 is 11.3 Å². The molecule has 1 aliphatic rings. The molecule has 0 saturated carbocycles. The molecule has 0 atom stereocenters. The number of carboxylic acids is 1. The minimum absolute atomic E-state index is 0.0631. The van der Waals surface area contributed by atoms with Crippen LogP contribution in [0.2, 0.25) is 0 Å². The van der Waals surface area contributed by atoms with Crippen molar-refractivity contribution in [3.63, 3.8) is 0 Å². The second kappa shape index (κ2) is 7.37. The largest absolute Gasteiger partial charge is 0.476 e. The Kier molecular flexibility index (Phi) is 5.51. The average Bonchev–Trinajstić information content (AvgIpc) is 2.96. The van der Waals surface area contributed by atoms with Crippen LogP contribution in [0.25, 0.3) is 0 Å². The number of aromatic nitrogens is 1. The van der Waals surface area contributed by atoms with Gasteiger partial charge in [0.1, 0.15) is 0 Å². The highest BCUT2D eigenvalue weighted by molar-refractivity contribution is 7.09. The van der Waals surface area contributed by atoms with Crippen LogP contribution in [-0.2, 0) is 6.42 Å². The number of hydrogen-bond donors (Lipinski definition) is 3. The van der Waals surface area contributed by atoms with Gasteiger partial charge in [0, 0.05) is 31.4 Å². The Balaban J connectivity index is 1.74. The molecule has 7 nitrogen and oxygen atoms in total. The number of carboxylic acid groups (broad SMARTS) is 1. The molecule has 1 aliphatic heterocycles. The second-order valence-electron chi connectivity index (χ2n) is 5.01. The van der Waals surface area contributed by atoms with Crippen molar-refractivity contribution in [1.82, 2.24) is 20.5 Å². The monoisotopic (exact) mass is 312 g/mol. The van der Waals surface area contributed by atoms with E-state index >= 15 is 0 Å². The van der Waals surface area contributed by atoms with E-state index in [4.69, 9.17) is 5.11 Å². The van der Waals surface area contributed by atoms with Gasteiger partial charge in [-0.15, -0.1) is 11.3 Å². The molecule has 0 aromatic carbocycles. The van der Waals surface area contributed by atoms with Gasteiger partial charge in [0.15, 0.2) is 5.69 Å². The highest BCUT2D eigenvalue weighted by Crippen LogP contribution is 2.11. The summed E-state index contributed by atoms with van der Waals surface area (Å²) >= 11 is 1.30. The van der Waals surface area contributed by atoms with Crippen molar-refractivity contribution in [2.24, 2.45) is 0 Å². The van der Waals surface area contributed by atoms with Crippen molar-refractivity contribution < 1.29 is 14.7 Å². The number of hydrogen-bond acceptors (Lipinski definition) is 5. The molecule has 0 bridgehead atoms. The molecule has 2 heterocycles. The molecular formula is C13H20N4O3S. The molecule has 3 N–H and O–H groups in total. The number of nitrogens with zero attached hydrogens (tertiary/aromatic N) is 2. The summed E-state index contributed by atoms with van der Waals surface area (Å²) in [6.07, 6.45) is 2.49. The maximum Gasteiger partial charge on any atom is 0.355 e. The highest BCUT2D eigenvalue weighted by Gasteiger charge is 2.21. The van der Waals surface area contributed by atoms with E-state index < -0.39 is 5.97 Å². The highest BCUT2D eigenvalue weighted by atomic mass is 32.1. The first kappa shape index (κ1) is 15.7. The second-order valence-corrected chi connectivity index (χ2v) is 5.95. The van der Waals surface area contributed by atoms with Gasteiger partial charge < -0.3 is 20.6 Å². The summed E-state index contributed by atoms with van der Waals surface area (Å²) in [5.74, 6) is -1.02. The van der Waals surface area contributed by atoms with Gasteiger partial charge in [-0.3, -0.25) is 0 Å². The van der Waals surface area contributed by atoms with Crippen molar-refractivity contribution >= 4 is 23.3 Å². The number of carbonyl (C=O) groups excluding carboxylic acids is 1. The van der Waals surface area contributed by atoms with E-state index in [1.807, 2.05) is 7.05 Å². The van der Waals surface area contributed by atoms with E-state index in [9.17, 15) is 9.59 Å². The zero-order valence-corrected chi connectivity index (χ0v) is 12.8. The molecule has 8 heteroatoms. The normalized spacial score (nSPS) is 15.7. The molecule has 2 rings (SSSR count).